The third kappa shape index (κ3) is 3.63. The maximum absolute atomic E-state index is 12.3. The second-order valence-corrected chi connectivity index (χ2v) is 7.27. The summed E-state index contributed by atoms with van der Waals surface area (Å²) in [5, 5.41) is 2.69. The normalized spacial score (nSPS) is 22.0. The van der Waals surface area contributed by atoms with Crippen molar-refractivity contribution >= 4 is 63.2 Å². The average Bonchev–Trinajstić information content (AvgIpc) is 2.85. The average molecular weight is 378 g/mol. The van der Waals surface area contributed by atoms with Crippen LogP contribution < -0.4 is 10.2 Å². The second-order valence-electron chi connectivity index (χ2n) is 5.98. The van der Waals surface area contributed by atoms with Crippen LogP contribution >= 0.6 is 0 Å². The fourth-order valence-corrected chi connectivity index (χ4v) is 3.98. The van der Waals surface area contributed by atoms with Gasteiger partial charge in [-0.05, 0) is 30.7 Å². The van der Waals surface area contributed by atoms with Crippen molar-refractivity contribution in [3.05, 3.63) is 24.3 Å². The van der Waals surface area contributed by atoms with Gasteiger partial charge >= 0.3 is 45.9 Å². The monoisotopic (exact) mass is 378 g/mol. The van der Waals surface area contributed by atoms with E-state index in [0.29, 0.717) is 16.4 Å². The van der Waals surface area contributed by atoms with Gasteiger partial charge in [0.15, 0.2) is 0 Å². The molecule has 2 atom stereocenters. The molecule has 2 aliphatic heterocycles. The van der Waals surface area contributed by atoms with Gasteiger partial charge in [0.1, 0.15) is 6.04 Å². The predicted octanol–water partition coefficient (Wildman–Crippen LogP) is -0.276. The van der Waals surface area contributed by atoms with Crippen molar-refractivity contribution in [2.75, 3.05) is 30.9 Å². The van der Waals surface area contributed by atoms with Crippen molar-refractivity contribution in [1.82, 2.24) is 9.21 Å². The molecular weight excluding hydrogens is 359 g/mol. The van der Waals surface area contributed by atoms with Gasteiger partial charge < -0.3 is 15.1 Å². The van der Waals surface area contributed by atoms with Gasteiger partial charge in [0.25, 0.3) is 5.91 Å². The molecule has 1 aromatic carbocycles. The zero-order chi connectivity index (χ0) is 17.6. The maximum atomic E-state index is 12.3. The van der Waals surface area contributed by atoms with Gasteiger partial charge in [0, 0.05) is 32.0 Å². The second kappa shape index (κ2) is 7.12. The Morgan fingerprint density at radius 2 is 1.88 bits per heavy atom. The number of likely N-dealkylation sites (tertiary alicyclic amines) is 1. The van der Waals surface area contributed by atoms with Crippen molar-refractivity contribution in [1.29, 1.82) is 0 Å². The first-order valence-electron chi connectivity index (χ1n) is 7.36. The molecule has 0 unspecified atom stereocenters. The standard InChI is InChI=1S/C14H18N4O5S.Na.H/c1-16(2)10-5-3-9(4-6-10)15-14(20)17-8-7-11-12(17)13(19)18(11)24(21,22)23;;/h3-6,11-12H,7-8H2,1-2H3,(H,15,20)(H,21,22,23);;/t11-,12+;;/m1../s1. The Balaban J connectivity index is 0.00000225. The van der Waals surface area contributed by atoms with E-state index in [4.69, 9.17) is 4.55 Å². The number of amides is 3. The Kier molecular flexibility index (Phi) is 5.69. The van der Waals surface area contributed by atoms with Crippen molar-refractivity contribution in [3.63, 3.8) is 0 Å². The van der Waals surface area contributed by atoms with Gasteiger partial charge in [0.05, 0.1) is 6.04 Å². The first kappa shape index (κ1) is 20.0. The van der Waals surface area contributed by atoms with Crippen LogP contribution in [0.25, 0.3) is 0 Å². The van der Waals surface area contributed by atoms with E-state index < -0.39 is 34.3 Å². The number of urea groups is 1. The molecule has 25 heavy (non-hydrogen) atoms. The third-order valence-corrected chi connectivity index (χ3v) is 5.23. The molecule has 0 saturated carbocycles. The molecule has 2 heterocycles. The fourth-order valence-electron chi connectivity index (χ4n) is 3.08. The Morgan fingerprint density at radius 1 is 1.28 bits per heavy atom. The Bertz CT molecular complexity index is 783. The number of rotatable bonds is 3. The number of hydrogen-bond donors (Lipinski definition) is 2. The van der Waals surface area contributed by atoms with Crippen molar-refractivity contribution in [2.45, 2.75) is 18.5 Å². The number of β-lactam (4-membered cyclic amide) rings is 1. The molecule has 0 aromatic heterocycles. The van der Waals surface area contributed by atoms with E-state index in [2.05, 4.69) is 5.32 Å². The number of hydrogen-bond acceptors (Lipinski definition) is 5. The zero-order valence-electron chi connectivity index (χ0n) is 13.2. The number of benzene rings is 1. The summed E-state index contributed by atoms with van der Waals surface area (Å²) in [5.74, 6) is -0.780. The van der Waals surface area contributed by atoms with E-state index in [9.17, 15) is 18.0 Å². The fraction of sp³-hybridized carbons (Fsp3) is 0.429. The molecule has 2 fully saturated rings. The van der Waals surface area contributed by atoms with Crippen LogP contribution in [0.2, 0.25) is 0 Å². The van der Waals surface area contributed by atoms with Gasteiger partial charge in [0.2, 0.25) is 0 Å². The molecule has 0 bridgehead atoms. The van der Waals surface area contributed by atoms with Crippen LogP contribution in [0.1, 0.15) is 6.42 Å². The zero-order valence-corrected chi connectivity index (χ0v) is 14.0. The molecule has 2 aliphatic rings. The number of carbonyl (C=O) groups excluding carboxylic acids is 2. The van der Waals surface area contributed by atoms with Gasteiger partial charge in [-0.3, -0.25) is 9.35 Å². The van der Waals surface area contributed by atoms with Gasteiger partial charge in [-0.2, -0.15) is 8.42 Å². The van der Waals surface area contributed by atoms with Crippen LogP contribution in [-0.4, -0.2) is 96.4 Å². The molecular formula is C14H19N4NaO5S. The molecule has 2 saturated heterocycles. The van der Waals surface area contributed by atoms with Crippen LogP contribution in [0.4, 0.5) is 16.2 Å². The molecule has 3 amide bonds. The van der Waals surface area contributed by atoms with Crippen LogP contribution in [0.15, 0.2) is 24.3 Å². The van der Waals surface area contributed by atoms with Gasteiger partial charge in [-0.1, -0.05) is 0 Å². The molecule has 0 spiro atoms. The van der Waals surface area contributed by atoms with E-state index in [0.717, 1.165) is 5.69 Å². The first-order chi connectivity index (χ1) is 11.2. The summed E-state index contributed by atoms with van der Waals surface area (Å²) in [6.45, 7) is 0.245. The van der Waals surface area contributed by atoms with E-state index in [1.807, 2.05) is 31.1 Å². The van der Waals surface area contributed by atoms with Crippen molar-refractivity contribution in [3.8, 4) is 0 Å². The third-order valence-electron chi connectivity index (χ3n) is 4.28. The van der Waals surface area contributed by atoms with Crippen LogP contribution in [0.3, 0.4) is 0 Å². The van der Waals surface area contributed by atoms with Crippen LogP contribution in [0, 0.1) is 0 Å². The molecule has 1 aromatic rings. The summed E-state index contributed by atoms with van der Waals surface area (Å²) >= 11 is 0. The van der Waals surface area contributed by atoms with Crippen molar-refractivity contribution in [2.24, 2.45) is 0 Å². The van der Waals surface area contributed by atoms with E-state index >= 15 is 0 Å². The van der Waals surface area contributed by atoms with Gasteiger partial charge in [-0.15, -0.1) is 0 Å². The number of nitrogens with zero attached hydrogens (tertiary/aromatic N) is 3. The number of fused-ring (bicyclic) bond motifs is 1. The number of anilines is 2. The summed E-state index contributed by atoms with van der Waals surface area (Å²) in [6.07, 6.45) is 0.309. The van der Waals surface area contributed by atoms with E-state index in [1.54, 1.807) is 12.1 Å². The first-order valence-corrected chi connectivity index (χ1v) is 8.75. The Labute approximate surface area is 168 Å². The topological polar surface area (TPSA) is 110 Å². The van der Waals surface area contributed by atoms with E-state index in [-0.39, 0.29) is 36.1 Å². The number of nitrogens with one attached hydrogen (secondary N) is 1. The Hall–Kier alpha value is -1.33. The van der Waals surface area contributed by atoms with Gasteiger partial charge in [-0.25, -0.2) is 9.10 Å². The number of carbonyl (C=O) groups is 2. The molecule has 0 radical (unpaired) electrons. The van der Waals surface area contributed by atoms with Crippen LogP contribution in [-0.2, 0) is 15.1 Å². The quantitative estimate of drug-likeness (QED) is 0.425. The minimum absolute atomic E-state index is 0. The molecule has 11 heteroatoms. The molecule has 9 nitrogen and oxygen atoms in total. The van der Waals surface area contributed by atoms with Crippen molar-refractivity contribution < 1.29 is 22.6 Å². The summed E-state index contributed by atoms with van der Waals surface area (Å²) in [5.41, 5.74) is 1.56. The molecule has 2 N–H and O–H groups in total. The van der Waals surface area contributed by atoms with Crippen LogP contribution in [0.5, 0.6) is 0 Å². The summed E-state index contributed by atoms with van der Waals surface area (Å²) in [4.78, 5) is 27.5. The summed E-state index contributed by atoms with van der Waals surface area (Å²) in [7, 11) is -0.762. The summed E-state index contributed by atoms with van der Waals surface area (Å²) < 4.78 is 31.8. The van der Waals surface area contributed by atoms with E-state index in [1.165, 1.54) is 4.90 Å². The minimum atomic E-state index is -4.57. The SMILES string of the molecule is CN(C)c1ccc(NC(=O)N2CC[C@@H]3[C@H]2C(=O)N3S(=O)(=O)O)cc1.[NaH]. The predicted molar refractivity (Wildman–Crippen MR) is 94.2 cm³/mol. The Morgan fingerprint density at radius 3 is 2.40 bits per heavy atom. The molecule has 0 aliphatic carbocycles. The summed E-state index contributed by atoms with van der Waals surface area (Å²) in [6, 6.07) is 5.18. The molecule has 3 rings (SSSR count). The molecule has 132 valence electrons.